The molecule has 0 fully saturated rings. The topological polar surface area (TPSA) is 26.3 Å². The highest BCUT2D eigenvalue weighted by atomic mass is 16.5. The maximum absolute atomic E-state index is 11.5. The summed E-state index contributed by atoms with van der Waals surface area (Å²) in [6.07, 6.45) is 2.74. The standard InChI is InChI=1S/C12H14O2/c1-3-7-10(2)14-12(13)11-8-5-4-6-9-11/h4-9H,3H2,1-2H3. The zero-order valence-corrected chi connectivity index (χ0v) is 8.49. The number of rotatable bonds is 3. The highest BCUT2D eigenvalue weighted by Crippen LogP contribution is 2.05. The van der Waals surface area contributed by atoms with Crippen molar-refractivity contribution < 1.29 is 9.53 Å². The van der Waals surface area contributed by atoms with E-state index in [9.17, 15) is 4.79 Å². The largest absolute Gasteiger partial charge is 0.428 e. The normalized spacial score (nSPS) is 11.1. The van der Waals surface area contributed by atoms with Gasteiger partial charge in [-0.05, 0) is 31.6 Å². The van der Waals surface area contributed by atoms with E-state index in [4.69, 9.17) is 4.74 Å². The fourth-order valence-electron chi connectivity index (χ4n) is 1.11. The van der Waals surface area contributed by atoms with Gasteiger partial charge in [0.05, 0.1) is 5.56 Å². The molecule has 2 nitrogen and oxygen atoms in total. The van der Waals surface area contributed by atoms with Gasteiger partial charge in [0.1, 0.15) is 5.76 Å². The van der Waals surface area contributed by atoms with E-state index in [2.05, 4.69) is 0 Å². The van der Waals surface area contributed by atoms with Crippen molar-refractivity contribution in [3.05, 3.63) is 47.7 Å². The van der Waals surface area contributed by atoms with Gasteiger partial charge >= 0.3 is 5.97 Å². The molecule has 0 spiro atoms. The zero-order valence-electron chi connectivity index (χ0n) is 8.49. The Hall–Kier alpha value is -1.57. The highest BCUT2D eigenvalue weighted by Gasteiger charge is 2.05. The smallest absolute Gasteiger partial charge is 0.343 e. The van der Waals surface area contributed by atoms with Gasteiger partial charge < -0.3 is 4.74 Å². The average Bonchev–Trinajstić information content (AvgIpc) is 2.19. The van der Waals surface area contributed by atoms with Crippen molar-refractivity contribution in [3.63, 3.8) is 0 Å². The maximum Gasteiger partial charge on any atom is 0.343 e. The van der Waals surface area contributed by atoms with Crippen molar-refractivity contribution in [1.82, 2.24) is 0 Å². The third-order valence-corrected chi connectivity index (χ3v) is 1.75. The van der Waals surface area contributed by atoms with Gasteiger partial charge in [-0.25, -0.2) is 4.79 Å². The fraction of sp³-hybridized carbons (Fsp3) is 0.250. The Morgan fingerprint density at radius 3 is 2.57 bits per heavy atom. The second kappa shape index (κ2) is 5.22. The molecule has 0 aliphatic rings. The molecule has 0 bridgehead atoms. The first-order valence-corrected chi connectivity index (χ1v) is 4.68. The highest BCUT2D eigenvalue weighted by molar-refractivity contribution is 5.89. The van der Waals surface area contributed by atoms with Crippen molar-refractivity contribution in [3.8, 4) is 0 Å². The first-order chi connectivity index (χ1) is 6.74. The Labute approximate surface area is 84.2 Å². The predicted octanol–water partition coefficient (Wildman–Crippen LogP) is 3.16. The van der Waals surface area contributed by atoms with Gasteiger partial charge in [0.25, 0.3) is 0 Å². The van der Waals surface area contributed by atoms with Gasteiger partial charge in [0.2, 0.25) is 0 Å². The summed E-state index contributed by atoms with van der Waals surface area (Å²) in [5, 5.41) is 0. The van der Waals surface area contributed by atoms with Crippen molar-refractivity contribution in [2.45, 2.75) is 20.3 Å². The molecule has 0 unspecified atom stereocenters. The second-order valence-corrected chi connectivity index (χ2v) is 2.98. The molecule has 0 aliphatic heterocycles. The number of hydrogen-bond donors (Lipinski definition) is 0. The van der Waals surface area contributed by atoms with E-state index in [1.807, 2.05) is 31.2 Å². The lowest BCUT2D eigenvalue weighted by Crippen LogP contribution is -2.02. The first kappa shape index (κ1) is 10.5. The number of ether oxygens (including phenoxy) is 1. The minimum absolute atomic E-state index is 0.298. The Bertz CT molecular complexity index is 325. The summed E-state index contributed by atoms with van der Waals surface area (Å²) >= 11 is 0. The predicted molar refractivity (Wildman–Crippen MR) is 55.9 cm³/mol. The SMILES string of the molecule is CCC=C(C)OC(=O)c1ccccc1. The first-order valence-electron chi connectivity index (χ1n) is 4.68. The van der Waals surface area contributed by atoms with Crippen LogP contribution >= 0.6 is 0 Å². The van der Waals surface area contributed by atoms with Crippen LogP contribution < -0.4 is 0 Å². The second-order valence-electron chi connectivity index (χ2n) is 2.98. The number of esters is 1. The summed E-state index contributed by atoms with van der Waals surface area (Å²) in [5.74, 6) is 0.356. The van der Waals surface area contributed by atoms with E-state index in [1.54, 1.807) is 19.1 Å². The molecule has 2 heteroatoms. The van der Waals surface area contributed by atoms with E-state index in [0.717, 1.165) is 6.42 Å². The van der Waals surface area contributed by atoms with Crippen LogP contribution in [0.1, 0.15) is 30.6 Å². The van der Waals surface area contributed by atoms with Gasteiger partial charge in [-0.3, -0.25) is 0 Å². The van der Waals surface area contributed by atoms with Crippen LogP contribution in [0.4, 0.5) is 0 Å². The summed E-state index contributed by atoms with van der Waals surface area (Å²) in [6, 6.07) is 8.97. The average molecular weight is 190 g/mol. The third-order valence-electron chi connectivity index (χ3n) is 1.75. The van der Waals surface area contributed by atoms with Crippen LogP contribution in [-0.4, -0.2) is 5.97 Å². The monoisotopic (exact) mass is 190 g/mol. The van der Waals surface area contributed by atoms with E-state index in [0.29, 0.717) is 11.3 Å². The molecule has 0 heterocycles. The molecule has 0 atom stereocenters. The van der Waals surface area contributed by atoms with Crippen LogP contribution in [0.5, 0.6) is 0 Å². The number of benzene rings is 1. The molecule has 0 N–H and O–H groups in total. The van der Waals surface area contributed by atoms with Crippen LogP contribution in [0.15, 0.2) is 42.2 Å². The summed E-state index contributed by atoms with van der Waals surface area (Å²) in [6.45, 7) is 3.78. The van der Waals surface area contributed by atoms with Gasteiger partial charge in [0, 0.05) is 0 Å². The molecule has 0 aromatic heterocycles. The molecule has 1 aromatic carbocycles. The minimum atomic E-state index is -0.298. The molecule has 0 radical (unpaired) electrons. The van der Waals surface area contributed by atoms with E-state index in [-0.39, 0.29) is 5.97 Å². The molecular weight excluding hydrogens is 176 g/mol. The lowest BCUT2D eigenvalue weighted by molar-refractivity contribution is 0.0625. The van der Waals surface area contributed by atoms with Crippen molar-refractivity contribution in [1.29, 1.82) is 0 Å². The fourth-order valence-corrected chi connectivity index (χ4v) is 1.11. The van der Waals surface area contributed by atoms with Crippen LogP contribution in [0, 0.1) is 0 Å². The Balaban J connectivity index is 2.64. The summed E-state index contributed by atoms with van der Waals surface area (Å²) < 4.78 is 5.10. The van der Waals surface area contributed by atoms with Gasteiger partial charge in [-0.2, -0.15) is 0 Å². The zero-order chi connectivity index (χ0) is 10.4. The molecule has 74 valence electrons. The molecule has 1 aromatic rings. The maximum atomic E-state index is 11.5. The van der Waals surface area contributed by atoms with Gasteiger partial charge in [-0.15, -0.1) is 0 Å². The lowest BCUT2D eigenvalue weighted by Gasteiger charge is -2.03. The number of carbonyl (C=O) groups excluding carboxylic acids is 1. The van der Waals surface area contributed by atoms with E-state index < -0.39 is 0 Å². The molecule has 14 heavy (non-hydrogen) atoms. The van der Waals surface area contributed by atoms with Gasteiger partial charge in [-0.1, -0.05) is 25.1 Å². The Kier molecular flexibility index (Phi) is 3.92. The third kappa shape index (κ3) is 3.05. The molecular formula is C12H14O2. The van der Waals surface area contributed by atoms with Crippen molar-refractivity contribution in [2.75, 3.05) is 0 Å². The Morgan fingerprint density at radius 2 is 2.00 bits per heavy atom. The summed E-state index contributed by atoms with van der Waals surface area (Å²) in [4.78, 5) is 11.5. The minimum Gasteiger partial charge on any atom is -0.428 e. The number of allylic oxidation sites excluding steroid dienone is 2. The van der Waals surface area contributed by atoms with E-state index in [1.165, 1.54) is 0 Å². The van der Waals surface area contributed by atoms with Crippen molar-refractivity contribution in [2.24, 2.45) is 0 Å². The van der Waals surface area contributed by atoms with Crippen molar-refractivity contribution >= 4 is 5.97 Å². The Morgan fingerprint density at radius 1 is 1.36 bits per heavy atom. The molecule has 0 amide bonds. The van der Waals surface area contributed by atoms with Crippen LogP contribution in [-0.2, 0) is 4.74 Å². The van der Waals surface area contributed by atoms with E-state index >= 15 is 0 Å². The van der Waals surface area contributed by atoms with Crippen LogP contribution in [0.25, 0.3) is 0 Å². The summed E-state index contributed by atoms with van der Waals surface area (Å²) in [5.41, 5.74) is 0.580. The van der Waals surface area contributed by atoms with Crippen LogP contribution in [0.2, 0.25) is 0 Å². The molecule has 0 aliphatic carbocycles. The molecule has 0 saturated carbocycles. The number of hydrogen-bond acceptors (Lipinski definition) is 2. The lowest BCUT2D eigenvalue weighted by atomic mass is 10.2. The van der Waals surface area contributed by atoms with Gasteiger partial charge in [0.15, 0.2) is 0 Å². The molecule has 0 saturated heterocycles. The van der Waals surface area contributed by atoms with Crippen LogP contribution in [0.3, 0.4) is 0 Å². The number of carbonyl (C=O) groups is 1. The summed E-state index contributed by atoms with van der Waals surface area (Å²) in [7, 11) is 0. The molecule has 1 rings (SSSR count). The quantitative estimate of drug-likeness (QED) is 0.540.